The number of fused-ring (bicyclic) bond motifs is 2. The summed E-state index contributed by atoms with van der Waals surface area (Å²) < 4.78 is 37.3. The fraction of sp³-hybridized carbons (Fsp3) is 0.417. The molecule has 0 spiro atoms. The first kappa shape index (κ1) is 51.5. The van der Waals surface area contributed by atoms with Gasteiger partial charge >= 0.3 is 11.9 Å². The number of ketones is 1. The number of carbonyl (C=O) groups is 6. The summed E-state index contributed by atoms with van der Waals surface area (Å²) in [6.45, 7) is 12.3. The molecule has 0 aliphatic heterocycles. The zero-order chi connectivity index (χ0) is 51.0. The molecule has 22 nitrogen and oxygen atoms in total. The van der Waals surface area contributed by atoms with Gasteiger partial charge in [0.2, 0.25) is 29.3 Å². The van der Waals surface area contributed by atoms with Crippen LogP contribution < -0.4 is 32.0 Å². The number of hydrogen-bond donors (Lipinski definition) is 4. The Hall–Kier alpha value is -7.88. The number of methoxy groups -OCH3 is 1. The number of allylic oxidation sites excluding steroid dienone is 2. The van der Waals surface area contributed by atoms with E-state index < -0.39 is 41.3 Å². The Bertz CT molecular complexity index is 2990. The first-order valence-electron chi connectivity index (χ1n) is 22.6. The average Bonchev–Trinajstić information content (AvgIpc) is 4.07. The van der Waals surface area contributed by atoms with Gasteiger partial charge in [-0.1, -0.05) is 26.0 Å². The van der Waals surface area contributed by atoms with Crippen molar-refractivity contribution < 1.29 is 56.5 Å². The maximum atomic E-state index is 13.9. The second kappa shape index (κ2) is 22.0. The standard InChI is InChI=1S/C48H58N10O12/c1-9-30-41(68-25(3)52-30)34(59)24-37-54-32-20-28(44(51)62)23-36(66-18-13-19-67-46(64)29(49)14-15-38(60)70-48(5,6)7)40(32)57(37)16-11-12-17-58-39-33(21-27(43(50)61)22-35(39)65-8)55-47(58)56-45(63)42-31(10-2)53-26(4)69-42/h11-12,20-23,29H,9-10,13-19,24,49H2,1-8H3,(H2,50,61)(H2,51,62)(H,55,56,63)/b12-11+/t29-/m1/s1. The van der Waals surface area contributed by atoms with Crippen LogP contribution in [0.5, 0.6) is 11.5 Å². The second-order valence-electron chi connectivity index (χ2n) is 17.2. The van der Waals surface area contributed by atoms with E-state index in [1.807, 2.05) is 13.8 Å². The zero-order valence-electron chi connectivity index (χ0n) is 40.4. The van der Waals surface area contributed by atoms with Crippen LogP contribution in [0.2, 0.25) is 0 Å². The van der Waals surface area contributed by atoms with Crippen molar-refractivity contribution in [2.24, 2.45) is 17.2 Å². The highest BCUT2D eigenvalue weighted by molar-refractivity contribution is 6.04. The summed E-state index contributed by atoms with van der Waals surface area (Å²) in [4.78, 5) is 95.3. The first-order valence-corrected chi connectivity index (χ1v) is 22.6. The Morgan fingerprint density at radius 1 is 0.786 bits per heavy atom. The van der Waals surface area contributed by atoms with Gasteiger partial charge in [-0.3, -0.25) is 34.1 Å². The fourth-order valence-corrected chi connectivity index (χ4v) is 7.52. The molecule has 22 heteroatoms. The Balaban J connectivity index is 1.31. The topological polar surface area (TPSA) is 317 Å². The van der Waals surface area contributed by atoms with E-state index in [0.717, 1.165) is 0 Å². The number of Topliss-reactive ketones (excluding diaryl/α,β-unsaturated/α-hetero) is 1. The minimum Gasteiger partial charge on any atom is -0.494 e. The molecule has 0 saturated carbocycles. The highest BCUT2D eigenvalue weighted by Gasteiger charge is 2.26. The van der Waals surface area contributed by atoms with Crippen LogP contribution in [0.15, 0.2) is 45.3 Å². The maximum absolute atomic E-state index is 13.9. The molecule has 6 rings (SSSR count). The largest absolute Gasteiger partial charge is 0.494 e. The number of hydrogen-bond acceptors (Lipinski definition) is 17. The van der Waals surface area contributed by atoms with Crippen molar-refractivity contribution in [2.75, 3.05) is 25.6 Å². The molecule has 1 atom stereocenters. The molecule has 0 radical (unpaired) electrons. The average molecular weight is 967 g/mol. The van der Waals surface area contributed by atoms with Crippen LogP contribution in [0.4, 0.5) is 5.95 Å². The Morgan fingerprint density at radius 2 is 1.36 bits per heavy atom. The number of nitrogens with one attached hydrogen (secondary N) is 1. The van der Waals surface area contributed by atoms with Gasteiger partial charge in [-0.2, -0.15) is 0 Å². The molecule has 0 saturated heterocycles. The number of rotatable bonds is 23. The SMILES string of the molecule is CCc1nc(C)oc1C(=O)Cc1nc2cc(C(N)=O)cc(OCCCOC(=O)[C@H](N)CCC(=O)OC(C)(C)C)c2n1C/C=C/Cn1c(NC(=O)c2oc(C)nc2CC)nc2cc(C(N)=O)cc(OC)c21. The van der Waals surface area contributed by atoms with Gasteiger partial charge in [0.15, 0.2) is 17.5 Å². The number of amides is 3. The lowest BCUT2D eigenvalue weighted by Gasteiger charge is -2.20. The summed E-state index contributed by atoms with van der Waals surface area (Å²) in [5.74, 6) is -2.01. The highest BCUT2D eigenvalue weighted by Crippen LogP contribution is 2.33. The van der Waals surface area contributed by atoms with Crippen molar-refractivity contribution in [3.63, 3.8) is 0 Å². The van der Waals surface area contributed by atoms with Crippen LogP contribution in [0.1, 0.15) is 125 Å². The number of aromatic nitrogens is 6. The maximum Gasteiger partial charge on any atom is 0.322 e. The van der Waals surface area contributed by atoms with Gasteiger partial charge < -0.3 is 54.1 Å². The lowest BCUT2D eigenvalue weighted by Crippen LogP contribution is -2.34. The van der Waals surface area contributed by atoms with Crippen molar-refractivity contribution >= 4 is 63.5 Å². The molecule has 4 heterocycles. The number of oxazole rings is 2. The van der Waals surface area contributed by atoms with E-state index in [2.05, 4.69) is 20.3 Å². The summed E-state index contributed by atoms with van der Waals surface area (Å²) in [7, 11) is 1.43. The molecule has 0 bridgehead atoms. The third-order valence-electron chi connectivity index (χ3n) is 10.7. The lowest BCUT2D eigenvalue weighted by atomic mass is 10.1. The van der Waals surface area contributed by atoms with Gasteiger partial charge in [0.05, 0.1) is 49.2 Å². The van der Waals surface area contributed by atoms with E-state index in [0.29, 0.717) is 58.1 Å². The zero-order valence-corrected chi connectivity index (χ0v) is 40.4. The van der Waals surface area contributed by atoms with Gasteiger partial charge in [0, 0.05) is 50.9 Å². The first-order chi connectivity index (χ1) is 33.2. The monoisotopic (exact) mass is 966 g/mol. The molecule has 0 unspecified atom stereocenters. The highest BCUT2D eigenvalue weighted by atomic mass is 16.6. The van der Waals surface area contributed by atoms with Crippen molar-refractivity contribution in [2.45, 2.75) is 112 Å². The third kappa shape index (κ3) is 12.2. The van der Waals surface area contributed by atoms with Gasteiger partial charge in [-0.15, -0.1) is 0 Å². The molecule has 7 N–H and O–H groups in total. The minimum atomic E-state index is -1.05. The number of aryl methyl sites for hydroxylation is 4. The summed E-state index contributed by atoms with van der Waals surface area (Å²) >= 11 is 0. The molecular weight excluding hydrogens is 909 g/mol. The quantitative estimate of drug-likeness (QED) is 0.0284. The van der Waals surface area contributed by atoms with E-state index in [1.165, 1.54) is 31.4 Å². The number of ether oxygens (including phenoxy) is 4. The van der Waals surface area contributed by atoms with E-state index in [4.69, 9.17) is 50.0 Å². The molecular formula is C48H58N10O12. The van der Waals surface area contributed by atoms with Crippen LogP contribution in [-0.4, -0.2) is 96.5 Å². The van der Waals surface area contributed by atoms with Crippen molar-refractivity contribution in [3.8, 4) is 11.5 Å². The molecule has 4 aromatic heterocycles. The number of anilines is 1. The fourth-order valence-electron chi connectivity index (χ4n) is 7.52. The summed E-state index contributed by atoms with van der Waals surface area (Å²) in [6, 6.07) is 4.87. The van der Waals surface area contributed by atoms with E-state index in [-0.39, 0.29) is 104 Å². The normalized spacial score (nSPS) is 12.1. The van der Waals surface area contributed by atoms with E-state index in [1.54, 1.807) is 55.9 Å². The number of primary amides is 2. The number of benzene rings is 2. The van der Waals surface area contributed by atoms with Crippen LogP contribution in [0.25, 0.3) is 22.1 Å². The molecule has 2 aromatic carbocycles. The number of nitrogens with two attached hydrogens (primary N) is 3. The van der Waals surface area contributed by atoms with Crippen molar-refractivity contribution in [1.29, 1.82) is 0 Å². The minimum absolute atomic E-state index is 0.000879. The van der Waals surface area contributed by atoms with Crippen LogP contribution in [0, 0.1) is 13.8 Å². The number of carbonyl (C=O) groups excluding carboxylic acids is 6. The molecule has 0 fully saturated rings. The van der Waals surface area contributed by atoms with Crippen molar-refractivity contribution in [1.82, 2.24) is 29.1 Å². The number of nitrogens with zero attached hydrogens (tertiary/aromatic N) is 6. The molecule has 0 aliphatic carbocycles. The van der Waals surface area contributed by atoms with Gasteiger partial charge in [0.1, 0.15) is 40.0 Å². The molecule has 6 aromatic rings. The lowest BCUT2D eigenvalue weighted by molar-refractivity contribution is -0.155. The smallest absolute Gasteiger partial charge is 0.322 e. The molecule has 0 aliphatic rings. The van der Waals surface area contributed by atoms with E-state index >= 15 is 0 Å². The Kier molecular flexibility index (Phi) is 16.2. The van der Waals surface area contributed by atoms with Gasteiger partial charge in [0.25, 0.3) is 5.91 Å². The van der Waals surface area contributed by atoms with Crippen LogP contribution >= 0.6 is 0 Å². The van der Waals surface area contributed by atoms with Crippen LogP contribution in [-0.2, 0) is 51.4 Å². The summed E-state index contributed by atoms with van der Waals surface area (Å²) in [5.41, 5.74) is 19.3. The predicted octanol–water partition coefficient (Wildman–Crippen LogP) is 5.01. The number of esters is 2. The van der Waals surface area contributed by atoms with Crippen molar-refractivity contribution in [3.05, 3.63) is 88.1 Å². The molecule has 3 amide bonds. The summed E-state index contributed by atoms with van der Waals surface area (Å²) in [5, 5.41) is 2.82. The number of imidazole rings is 2. The van der Waals surface area contributed by atoms with Gasteiger partial charge in [-0.25, -0.2) is 19.9 Å². The van der Waals surface area contributed by atoms with Gasteiger partial charge in [-0.05, 0) is 64.3 Å². The summed E-state index contributed by atoms with van der Waals surface area (Å²) in [6.07, 6.45) is 4.40. The Labute approximate surface area is 402 Å². The molecule has 372 valence electrons. The second-order valence-corrected chi connectivity index (χ2v) is 17.2. The van der Waals surface area contributed by atoms with Crippen LogP contribution in [0.3, 0.4) is 0 Å². The third-order valence-corrected chi connectivity index (χ3v) is 10.7. The molecule has 70 heavy (non-hydrogen) atoms. The Morgan fingerprint density at radius 3 is 1.96 bits per heavy atom. The predicted molar refractivity (Wildman–Crippen MR) is 254 cm³/mol. The van der Waals surface area contributed by atoms with E-state index in [9.17, 15) is 28.8 Å².